The monoisotopic (exact) mass is 469 g/mol. The molecule has 0 nitrogen and oxygen atoms in total. The van der Waals surface area contributed by atoms with Crippen molar-refractivity contribution in [1.29, 1.82) is 0 Å². The van der Waals surface area contributed by atoms with Gasteiger partial charge < -0.3 is 0 Å². The van der Waals surface area contributed by atoms with Gasteiger partial charge in [0.2, 0.25) is 0 Å². The van der Waals surface area contributed by atoms with Gasteiger partial charge in [-0.3, -0.25) is 0 Å². The van der Waals surface area contributed by atoms with Crippen molar-refractivity contribution in [1.82, 2.24) is 0 Å². The van der Waals surface area contributed by atoms with Gasteiger partial charge in [0.15, 0.2) is 0 Å². The summed E-state index contributed by atoms with van der Waals surface area (Å²) in [5.41, 5.74) is 6.77. The third-order valence-electron chi connectivity index (χ3n) is 3.30. The SMILES string of the molecule is CCC1=Cc2c(cccc2-c2ccccc2)[CH]1.[Cl][Hf][Cl]. The minimum absolute atomic E-state index is 0.972. The van der Waals surface area contributed by atoms with E-state index in [-0.39, 0.29) is 0 Å². The Morgan fingerprint density at radius 3 is 2.30 bits per heavy atom. The average molecular weight is 469 g/mol. The van der Waals surface area contributed by atoms with Crippen LogP contribution in [-0.4, -0.2) is 0 Å². The first kappa shape index (κ1) is 16.0. The van der Waals surface area contributed by atoms with Gasteiger partial charge in [-0.15, -0.1) is 0 Å². The number of hydrogen-bond acceptors (Lipinski definition) is 0. The molecule has 0 amide bonds. The maximum absolute atomic E-state index is 4.96. The molecular formula is C17H15Cl2Hf. The topological polar surface area (TPSA) is 0 Å². The van der Waals surface area contributed by atoms with E-state index in [0.717, 1.165) is 6.42 Å². The summed E-state index contributed by atoms with van der Waals surface area (Å²) < 4.78 is 0. The van der Waals surface area contributed by atoms with Crippen LogP contribution in [0.1, 0.15) is 24.5 Å². The Kier molecular flexibility index (Phi) is 6.54. The van der Waals surface area contributed by atoms with E-state index < -0.39 is 20.5 Å². The van der Waals surface area contributed by atoms with Gasteiger partial charge in [0, 0.05) is 6.42 Å². The zero-order valence-corrected chi connectivity index (χ0v) is 16.3. The van der Waals surface area contributed by atoms with Crippen LogP contribution in [0.25, 0.3) is 17.2 Å². The second-order valence-electron chi connectivity index (χ2n) is 4.46. The van der Waals surface area contributed by atoms with Crippen LogP contribution >= 0.6 is 17.2 Å². The Morgan fingerprint density at radius 1 is 0.950 bits per heavy atom. The molecule has 0 atom stereocenters. The van der Waals surface area contributed by atoms with E-state index in [2.05, 4.69) is 68.0 Å². The van der Waals surface area contributed by atoms with Crippen LogP contribution in [0.5, 0.6) is 0 Å². The Hall–Kier alpha value is -0.370. The molecule has 3 heteroatoms. The summed E-state index contributed by atoms with van der Waals surface area (Å²) in [4.78, 5) is 0. The Labute approximate surface area is 139 Å². The molecule has 0 fully saturated rings. The first-order valence-electron chi connectivity index (χ1n) is 6.50. The number of rotatable bonds is 2. The Morgan fingerprint density at radius 2 is 1.65 bits per heavy atom. The Balaban J connectivity index is 0.000000452. The maximum atomic E-state index is 4.96. The summed E-state index contributed by atoms with van der Waals surface area (Å²) in [6.45, 7) is 2.20. The van der Waals surface area contributed by atoms with Crippen molar-refractivity contribution in [3.8, 4) is 11.1 Å². The number of halogens is 2. The van der Waals surface area contributed by atoms with Crippen LogP contribution < -0.4 is 0 Å². The second kappa shape index (κ2) is 8.17. The quantitative estimate of drug-likeness (QED) is 0.468. The molecule has 2 aromatic carbocycles. The molecule has 3 rings (SSSR count). The first-order chi connectivity index (χ1) is 9.80. The van der Waals surface area contributed by atoms with Crippen molar-refractivity contribution < 1.29 is 20.5 Å². The third-order valence-corrected chi connectivity index (χ3v) is 3.30. The number of hydrogen-bond donors (Lipinski definition) is 0. The van der Waals surface area contributed by atoms with Gasteiger partial charge in [-0.05, 0) is 28.7 Å². The van der Waals surface area contributed by atoms with Crippen molar-refractivity contribution in [3.63, 3.8) is 0 Å². The van der Waals surface area contributed by atoms with Crippen LogP contribution in [-0.2, 0) is 20.5 Å². The first-order valence-corrected chi connectivity index (χ1v) is 15.4. The fourth-order valence-electron chi connectivity index (χ4n) is 2.37. The van der Waals surface area contributed by atoms with Crippen molar-refractivity contribution in [3.05, 3.63) is 71.7 Å². The van der Waals surface area contributed by atoms with E-state index in [1.165, 1.54) is 27.8 Å². The molecule has 0 aromatic heterocycles. The molecule has 0 heterocycles. The molecular weight excluding hydrogens is 454 g/mol. The summed E-state index contributed by atoms with van der Waals surface area (Å²) in [5, 5.41) is 0. The molecule has 1 aliphatic carbocycles. The van der Waals surface area contributed by atoms with Crippen molar-refractivity contribution in [2.24, 2.45) is 0 Å². The van der Waals surface area contributed by atoms with Crippen molar-refractivity contribution >= 4 is 23.2 Å². The van der Waals surface area contributed by atoms with Crippen LogP contribution in [0.4, 0.5) is 0 Å². The van der Waals surface area contributed by atoms with Gasteiger partial charge in [0.05, 0.1) is 0 Å². The van der Waals surface area contributed by atoms with Crippen LogP contribution in [0, 0.1) is 6.42 Å². The van der Waals surface area contributed by atoms with Crippen molar-refractivity contribution in [2.45, 2.75) is 13.3 Å². The van der Waals surface area contributed by atoms with Crippen LogP contribution in [0.3, 0.4) is 0 Å². The molecule has 0 saturated heterocycles. The van der Waals surface area contributed by atoms with E-state index in [0.29, 0.717) is 0 Å². The minimum atomic E-state index is -0.972. The number of fused-ring (bicyclic) bond motifs is 1. The van der Waals surface area contributed by atoms with Gasteiger partial charge in [-0.1, -0.05) is 67.1 Å². The van der Waals surface area contributed by atoms with Gasteiger partial charge in [-0.25, -0.2) is 0 Å². The molecule has 0 aliphatic heterocycles. The standard InChI is InChI=1S/C17H15.2ClH.Hf/c1-2-13-11-15-9-6-10-16(17(15)12-13)14-7-4-3-5-8-14;;;/h3-12H,2H2,1H3;2*1H;/q;;;+2/p-2. The van der Waals surface area contributed by atoms with Gasteiger partial charge in [-0.2, -0.15) is 0 Å². The van der Waals surface area contributed by atoms with Crippen molar-refractivity contribution in [2.75, 3.05) is 0 Å². The summed E-state index contributed by atoms with van der Waals surface area (Å²) in [6, 6.07) is 17.1. The summed E-state index contributed by atoms with van der Waals surface area (Å²) in [7, 11) is 9.92. The normalized spacial score (nSPS) is 12.1. The molecule has 101 valence electrons. The molecule has 1 aliphatic rings. The molecule has 1 radical (unpaired) electrons. The fraction of sp³-hybridized carbons (Fsp3) is 0.118. The molecule has 0 spiro atoms. The molecule has 0 unspecified atom stereocenters. The van der Waals surface area contributed by atoms with Crippen LogP contribution in [0.15, 0.2) is 54.1 Å². The fourth-order valence-corrected chi connectivity index (χ4v) is 2.37. The zero-order valence-electron chi connectivity index (χ0n) is 11.2. The number of allylic oxidation sites excluding steroid dienone is 1. The molecule has 0 bridgehead atoms. The van der Waals surface area contributed by atoms with Crippen LogP contribution in [0.2, 0.25) is 0 Å². The second-order valence-corrected chi connectivity index (χ2v) is 9.65. The summed E-state index contributed by atoms with van der Waals surface area (Å²) >= 11 is -0.972. The van der Waals surface area contributed by atoms with Gasteiger partial charge >= 0.3 is 37.7 Å². The molecule has 0 saturated carbocycles. The van der Waals surface area contributed by atoms with E-state index in [1.807, 2.05) is 0 Å². The van der Waals surface area contributed by atoms with E-state index in [9.17, 15) is 0 Å². The predicted molar refractivity (Wildman–Crippen MR) is 85.3 cm³/mol. The van der Waals surface area contributed by atoms with Gasteiger partial charge in [0.1, 0.15) is 0 Å². The van der Waals surface area contributed by atoms with E-state index in [1.54, 1.807) is 0 Å². The average Bonchev–Trinajstić information content (AvgIpc) is 2.92. The number of benzene rings is 2. The molecule has 2 aromatic rings. The zero-order chi connectivity index (χ0) is 14.4. The predicted octanol–water partition coefficient (Wildman–Crippen LogP) is 6.09. The van der Waals surface area contributed by atoms with Gasteiger partial charge in [0.25, 0.3) is 0 Å². The third kappa shape index (κ3) is 3.84. The molecule has 0 N–H and O–H groups in total. The summed E-state index contributed by atoms with van der Waals surface area (Å²) in [5.74, 6) is 0. The van der Waals surface area contributed by atoms with E-state index >= 15 is 0 Å². The van der Waals surface area contributed by atoms with E-state index in [4.69, 9.17) is 17.2 Å². The summed E-state index contributed by atoms with van der Waals surface area (Å²) in [6.07, 6.45) is 5.71. The molecule has 20 heavy (non-hydrogen) atoms. The Bertz CT molecular complexity index is 591.